The lowest BCUT2D eigenvalue weighted by Gasteiger charge is -2.41. The number of carbonyl (C=O) groups excluding carboxylic acids is 2. The molecular weight excluding hydrogens is 236 g/mol. The van der Waals surface area contributed by atoms with E-state index in [9.17, 15) is 9.59 Å². The molecule has 0 aromatic carbocycles. The van der Waals surface area contributed by atoms with Gasteiger partial charge >= 0.3 is 0 Å². The number of rotatable bonds is 3. The molecule has 2 aliphatic rings. The molecule has 4 nitrogen and oxygen atoms in total. The van der Waals surface area contributed by atoms with Crippen molar-refractivity contribution in [2.24, 2.45) is 0 Å². The standard InChI is InChI=1S/C12H20N2O2S/c1-8(17-3)7-14-9(2)11(15)13-6-4-5-10(13)12(14)16/h8-10H,4-7H2,1-3H3. The minimum absolute atomic E-state index is 0.125. The van der Waals surface area contributed by atoms with Gasteiger partial charge in [0.05, 0.1) is 0 Å². The third-order valence-electron chi connectivity index (χ3n) is 3.79. The summed E-state index contributed by atoms with van der Waals surface area (Å²) in [5.41, 5.74) is 0. The second-order valence-electron chi connectivity index (χ2n) is 4.90. The third kappa shape index (κ3) is 2.17. The molecule has 0 aliphatic carbocycles. The van der Waals surface area contributed by atoms with Crippen LogP contribution < -0.4 is 0 Å². The van der Waals surface area contributed by atoms with E-state index in [-0.39, 0.29) is 23.9 Å². The van der Waals surface area contributed by atoms with Crippen LogP contribution in [0, 0.1) is 0 Å². The molecule has 17 heavy (non-hydrogen) atoms. The van der Waals surface area contributed by atoms with Crippen LogP contribution in [0.5, 0.6) is 0 Å². The van der Waals surface area contributed by atoms with Crippen LogP contribution in [0.25, 0.3) is 0 Å². The number of nitrogens with zero attached hydrogens (tertiary/aromatic N) is 2. The zero-order valence-electron chi connectivity index (χ0n) is 10.7. The van der Waals surface area contributed by atoms with Gasteiger partial charge in [0.1, 0.15) is 12.1 Å². The summed E-state index contributed by atoms with van der Waals surface area (Å²) < 4.78 is 0. The van der Waals surface area contributed by atoms with Crippen LogP contribution in [0.2, 0.25) is 0 Å². The molecule has 0 aromatic rings. The fourth-order valence-corrected chi connectivity index (χ4v) is 2.95. The van der Waals surface area contributed by atoms with E-state index < -0.39 is 0 Å². The maximum atomic E-state index is 12.3. The van der Waals surface area contributed by atoms with Gasteiger partial charge in [-0.2, -0.15) is 11.8 Å². The summed E-state index contributed by atoms with van der Waals surface area (Å²) in [7, 11) is 0. The number of thioether (sulfide) groups is 1. The quantitative estimate of drug-likeness (QED) is 0.755. The predicted molar refractivity (Wildman–Crippen MR) is 68.9 cm³/mol. The Morgan fingerprint density at radius 2 is 2.12 bits per heavy atom. The Bertz CT molecular complexity index is 334. The molecule has 2 aliphatic heterocycles. The molecule has 2 saturated heterocycles. The monoisotopic (exact) mass is 256 g/mol. The van der Waals surface area contributed by atoms with Crippen LogP contribution in [-0.2, 0) is 9.59 Å². The third-order valence-corrected chi connectivity index (χ3v) is 4.74. The van der Waals surface area contributed by atoms with Gasteiger partial charge < -0.3 is 9.80 Å². The van der Waals surface area contributed by atoms with Gasteiger partial charge in [0.15, 0.2) is 0 Å². The van der Waals surface area contributed by atoms with Crippen LogP contribution in [0.3, 0.4) is 0 Å². The van der Waals surface area contributed by atoms with Crippen molar-refractivity contribution in [3.05, 3.63) is 0 Å². The molecule has 0 aromatic heterocycles. The Hall–Kier alpha value is -0.710. The number of carbonyl (C=O) groups is 2. The molecule has 0 N–H and O–H groups in total. The van der Waals surface area contributed by atoms with E-state index in [0.717, 1.165) is 19.4 Å². The van der Waals surface area contributed by atoms with Gasteiger partial charge in [0.2, 0.25) is 11.8 Å². The highest BCUT2D eigenvalue weighted by atomic mass is 32.2. The summed E-state index contributed by atoms with van der Waals surface area (Å²) >= 11 is 1.73. The molecule has 0 radical (unpaired) electrons. The zero-order chi connectivity index (χ0) is 12.6. The van der Waals surface area contributed by atoms with Gasteiger partial charge in [-0.3, -0.25) is 9.59 Å². The summed E-state index contributed by atoms with van der Waals surface area (Å²) in [5.74, 6) is 0.274. The van der Waals surface area contributed by atoms with Crippen molar-refractivity contribution in [1.29, 1.82) is 0 Å². The Kier molecular flexibility index (Phi) is 3.66. The first kappa shape index (κ1) is 12.7. The first-order chi connectivity index (χ1) is 8.06. The van der Waals surface area contributed by atoms with E-state index in [1.165, 1.54) is 0 Å². The fraction of sp³-hybridized carbons (Fsp3) is 0.833. The van der Waals surface area contributed by atoms with Crippen LogP contribution >= 0.6 is 11.8 Å². The lowest BCUT2D eigenvalue weighted by atomic mass is 10.1. The summed E-state index contributed by atoms with van der Waals surface area (Å²) in [6.45, 7) is 5.38. The average Bonchev–Trinajstić information content (AvgIpc) is 2.80. The molecule has 3 unspecified atom stereocenters. The Morgan fingerprint density at radius 1 is 1.41 bits per heavy atom. The van der Waals surface area contributed by atoms with Gasteiger partial charge in [-0.15, -0.1) is 0 Å². The highest BCUT2D eigenvalue weighted by Gasteiger charge is 2.45. The average molecular weight is 256 g/mol. The predicted octanol–water partition coefficient (Wildman–Crippen LogP) is 0.960. The molecular formula is C12H20N2O2S. The first-order valence-corrected chi connectivity index (χ1v) is 7.48. The molecule has 2 rings (SSSR count). The lowest BCUT2D eigenvalue weighted by Crippen LogP contribution is -2.62. The zero-order valence-corrected chi connectivity index (χ0v) is 11.5. The van der Waals surface area contributed by atoms with Gasteiger partial charge in [-0.25, -0.2) is 0 Å². The van der Waals surface area contributed by atoms with Crippen LogP contribution in [0.15, 0.2) is 0 Å². The number of amides is 2. The van der Waals surface area contributed by atoms with Gasteiger partial charge in [-0.05, 0) is 26.0 Å². The Morgan fingerprint density at radius 3 is 2.76 bits per heavy atom. The largest absolute Gasteiger partial charge is 0.329 e. The van der Waals surface area contributed by atoms with Crippen LogP contribution in [0.4, 0.5) is 0 Å². The minimum Gasteiger partial charge on any atom is -0.329 e. The molecule has 96 valence electrons. The SMILES string of the molecule is CSC(C)CN1C(=O)C2CCCN2C(=O)C1C. The molecule has 0 saturated carbocycles. The van der Waals surface area contributed by atoms with E-state index >= 15 is 0 Å². The van der Waals surface area contributed by atoms with E-state index in [2.05, 4.69) is 6.92 Å². The first-order valence-electron chi connectivity index (χ1n) is 6.20. The highest BCUT2D eigenvalue weighted by Crippen LogP contribution is 2.27. The Balaban J connectivity index is 2.15. The summed E-state index contributed by atoms with van der Waals surface area (Å²) in [4.78, 5) is 28.0. The number of hydrogen-bond donors (Lipinski definition) is 0. The Labute approximate surface area is 107 Å². The van der Waals surface area contributed by atoms with E-state index in [4.69, 9.17) is 0 Å². The molecule has 2 heterocycles. The molecule has 3 atom stereocenters. The minimum atomic E-state index is -0.286. The fourth-order valence-electron chi connectivity index (χ4n) is 2.64. The van der Waals surface area contributed by atoms with Gasteiger partial charge in [0, 0.05) is 18.3 Å². The van der Waals surface area contributed by atoms with Crippen molar-refractivity contribution < 1.29 is 9.59 Å². The van der Waals surface area contributed by atoms with Crippen molar-refractivity contribution in [2.45, 2.75) is 44.0 Å². The van der Waals surface area contributed by atoms with E-state index in [0.29, 0.717) is 11.8 Å². The van der Waals surface area contributed by atoms with Crippen molar-refractivity contribution in [1.82, 2.24) is 9.80 Å². The summed E-state index contributed by atoms with van der Waals surface area (Å²) in [5, 5.41) is 0.377. The molecule has 2 fully saturated rings. The topological polar surface area (TPSA) is 40.6 Å². The maximum absolute atomic E-state index is 12.3. The van der Waals surface area contributed by atoms with Crippen molar-refractivity contribution in [2.75, 3.05) is 19.3 Å². The molecule has 0 bridgehead atoms. The van der Waals surface area contributed by atoms with Gasteiger partial charge in [-0.1, -0.05) is 6.92 Å². The second kappa shape index (κ2) is 4.88. The van der Waals surface area contributed by atoms with Crippen LogP contribution in [0.1, 0.15) is 26.7 Å². The molecule has 0 spiro atoms. The number of piperazine rings is 1. The number of fused-ring (bicyclic) bond motifs is 1. The van der Waals surface area contributed by atoms with Crippen molar-refractivity contribution in [3.63, 3.8) is 0 Å². The van der Waals surface area contributed by atoms with E-state index in [1.807, 2.05) is 13.2 Å². The van der Waals surface area contributed by atoms with Gasteiger partial charge in [0.25, 0.3) is 0 Å². The lowest BCUT2D eigenvalue weighted by molar-refractivity contribution is -0.158. The van der Waals surface area contributed by atoms with Crippen molar-refractivity contribution >= 4 is 23.6 Å². The molecule has 2 amide bonds. The normalized spacial score (nSPS) is 30.8. The van der Waals surface area contributed by atoms with Crippen LogP contribution in [-0.4, -0.2) is 58.3 Å². The maximum Gasteiger partial charge on any atom is 0.246 e. The molecule has 5 heteroatoms. The van der Waals surface area contributed by atoms with Crippen molar-refractivity contribution in [3.8, 4) is 0 Å². The summed E-state index contributed by atoms with van der Waals surface area (Å²) in [6, 6.07) is -0.459. The smallest absolute Gasteiger partial charge is 0.246 e. The number of hydrogen-bond acceptors (Lipinski definition) is 3. The summed E-state index contributed by atoms with van der Waals surface area (Å²) in [6.07, 6.45) is 3.83. The van der Waals surface area contributed by atoms with E-state index in [1.54, 1.807) is 21.6 Å². The highest BCUT2D eigenvalue weighted by molar-refractivity contribution is 7.99. The second-order valence-corrected chi connectivity index (χ2v) is 6.18.